The number of aromatic nitrogens is 1. The van der Waals surface area contributed by atoms with E-state index < -0.39 is 8.32 Å². The Balaban J connectivity index is 1.82. The first-order valence-corrected chi connectivity index (χ1v) is 13.6. The number of thiocarbonyl (C=S) groups is 1. The largest absolute Gasteiger partial charge is 0.413 e. The lowest BCUT2D eigenvalue weighted by molar-refractivity contribution is -0.140. The molecule has 3 atom stereocenters. The van der Waals surface area contributed by atoms with Crippen LogP contribution in [0.3, 0.4) is 0 Å². The summed E-state index contributed by atoms with van der Waals surface area (Å²) in [7, 11) is -1.88. The second-order valence-corrected chi connectivity index (χ2v) is 14.9. The summed E-state index contributed by atoms with van der Waals surface area (Å²) in [5.74, 6) is 0.0867. The van der Waals surface area contributed by atoms with E-state index in [1.807, 2.05) is 12.3 Å². The number of carbonyl (C=O) groups excluding carboxylic acids is 1. The van der Waals surface area contributed by atoms with E-state index in [1.54, 1.807) is 0 Å². The fourth-order valence-electron chi connectivity index (χ4n) is 3.46. The van der Waals surface area contributed by atoms with Crippen LogP contribution in [-0.2, 0) is 15.6 Å². The van der Waals surface area contributed by atoms with Crippen molar-refractivity contribution in [2.75, 3.05) is 0 Å². The van der Waals surface area contributed by atoms with Gasteiger partial charge in [0.25, 0.3) is 0 Å². The molecule has 0 radical (unpaired) electrons. The van der Waals surface area contributed by atoms with Crippen molar-refractivity contribution < 1.29 is 9.22 Å². The Morgan fingerprint density at radius 1 is 1.39 bits per heavy atom. The van der Waals surface area contributed by atoms with Crippen LogP contribution >= 0.6 is 12.2 Å². The second kappa shape index (κ2) is 9.14. The van der Waals surface area contributed by atoms with Gasteiger partial charge >= 0.3 is 0 Å². The van der Waals surface area contributed by atoms with Crippen molar-refractivity contribution in [3.05, 3.63) is 29.6 Å². The highest BCUT2D eigenvalue weighted by molar-refractivity contribution is 7.80. The van der Waals surface area contributed by atoms with Gasteiger partial charge in [0.1, 0.15) is 0 Å². The number of hydrogen-bond donors (Lipinski definition) is 1. The van der Waals surface area contributed by atoms with E-state index in [4.69, 9.17) is 16.6 Å². The second-order valence-electron chi connectivity index (χ2n) is 9.60. The van der Waals surface area contributed by atoms with Crippen LogP contribution in [0, 0.1) is 12.8 Å². The molecule has 4 nitrogen and oxygen atoms in total. The Morgan fingerprint density at radius 3 is 2.64 bits per heavy atom. The summed E-state index contributed by atoms with van der Waals surface area (Å²) >= 11 is 5.57. The Bertz CT molecular complexity index is 715. The van der Waals surface area contributed by atoms with Crippen LogP contribution in [0.2, 0.25) is 18.1 Å². The number of rotatable bonds is 9. The summed E-state index contributed by atoms with van der Waals surface area (Å²) in [5.41, 5.74) is 2.26. The number of hydrogen-bond acceptors (Lipinski definition) is 4. The summed E-state index contributed by atoms with van der Waals surface area (Å²) in [4.78, 5) is 17.7. The van der Waals surface area contributed by atoms with Crippen molar-refractivity contribution >= 4 is 31.3 Å². The first kappa shape index (κ1) is 23.2. The normalized spacial score (nSPS) is 21.0. The number of pyridine rings is 1. The molecule has 0 spiro atoms. The minimum absolute atomic E-state index is 0.0391. The molecule has 0 aliphatic carbocycles. The van der Waals surface area contributed by atoms with E-state index in [9.17, 15) is 4.79 Å². The molecule has 2 heterocycles. The quantitative estimate of drug-likeness (QED) is 0.347. The predicted molar refractivity (Wildman–Crippen MR) is 122 cm³/mol. The van der Waals surface area contributed by atoms with Crippen molar-refractivity contribution in [3.63, 3.8) is 0 Å². The molecule has 0 saturated carbocycles. The summed E-state index contributed by atoms with van der Waals surface area (Å²) < 4.78 is 6.47. The standard InChI is InChI=1S/C22H36N2O2SSi/c1-15-10-9-13-23-19(15)14-17(27)11-8-12-18-20(21(25)24-18)16(2)26-28(6,7)22(3,4)5/h9-10,13,16,18,20H,8,11-12,14H2,1-7H3,(H,24,25)/t16-,18+,20-/m1/s1. The molecule has 28 heavy (non-hydrogen) atoms. The fourth-order valence-corrected chi connectivity index (χ4v) is 5.17. The van der Waals surface area contributed by atoms with E-state index in [0.29, 0.717) is 0 Å². The first-order chi connectivity index (χ1) is 12.9. The number of aryl methyl sites for hydroxylation is 1. The lowest BCUT2D eigenvalue weighted by Gasteiger charge is -2.45. The van der Waals surface area contributed by atoms with Crippen LogP contribution in [-0.4, -0.2) is 36.2 Å². The number of nitrogens with one attached hydrogen (secondary N) is 1. The van der Waals surface area contributed by atoms with Crippen LogP contribution in [0.1, 0.15) is 58.2 Å². The van der Waals surface area contributed by atoms with Gasteiger partial charge in [0.2, 0.25) is 5.91 Å². The van der Waals surface area contributed by atoms with Crippen molar-refractivity contribution in [2.45, 2.75) is 90.6 Å². The third-order valence-corrected chi connectivity index (χ3v) is 11.2. The Labute approximate surface area is 177 Å². The zero-order valence-corrected chi connectivity index (χ0v) is 20.3. The smallest absolute Gasteiger partial charge is 0.227 e. The molecule has 1 amide bonds. The monoisotopic (exact) mass is 420 g/mol. The van der Waals surface area contributed by atoms with Crippen molar-refractivity contribution in [2.24, 2.45) is 5.92 Å². The van der Waals surface area contributed by atoms with Gasteiger partial charge in [-0.2, -0.15) is 0 Å². The third-order valence-electron chi connectivity index (χ3n) is 6.31. The lowest BCUT2D eigenvalue weighted by Crippen LogP contribution is -2.63. The van der Waals surface area contributed by atoms with Crippen LogP contribution in [0.5, 0.6) is 0 Å². The van der Waals surface area contributed by atoms with Crippen molar-refractivity contribution in [1.82, 2.24) is 10.3 Å². The highest BCUT2D eigenvalue weighted by Crippen LogP contribution is 2.39. The van der Waals surface area contributed by atoms with Crippen molar-refractivity contribution in [1.29, 1.82) is 0 Å². The molecule has 0 unspecified atom stereocenters. The minimum atomic E-state index is -1.88. The molecular formula is C22H36N2O2SSi. The molecule has 156 valence electrons. The molecule has 6 heteroatoms. The highest BCUT2D eigenvalue weighted by Gasteiger charge is 2.46. The maximum atomic E-state index is 12.2. The van der Waals surface area contributed by atoms with E-state index in [0.717, 1.165) is 36.2 Å². The molecule has 1 fully saturated rings. The summed E-state index contributed by atoms with van der Waals surface area (Å²) in [6.07, 6.45) is 5.36. The van der Waals surface area contributed by atoms with Gasteiger partial charge in [-0.25, -0.2) is 0 Å². The van der Waals surface area contributed by atoms with Crippen LogP contribution in [0.15, 0.2) is 18.3 Å². The average Bonchev–Trinajstić information content (AvgIpc) is 2.54. The zero-order valence-electron chi connectivity index (χ0n) is 18.5. The molecule has 0 aromatic carbocycles. The van der Waals surface area contributed by atoms with E-state index in [1.165, 1.54) is 5.56 Å². The van der Waals surface area contributed by atoms with E-state index >= 15 is 0 Å². The number of β-lactam (4-membered cyclic amide) rings is 1. The number of nitrogens with zero attached hydrogens (tertiary/aromatic N) is 1. The van der Waals surface area contributed by atoms with Gasteiger partial charge in [0, 0.05) is 24.4 Å². The topological polar surface area (TPSA) is 51.2 Å². The molecule has 1 aliphatic heterocycles. The number of amides is 1. The average molecular weight is 421 g/mol. The molecular weight excluding hydrogens is 384 g/mol. The first-order valence-electron chi connectivity index (χ1n) is 10.3. The van der Waals surface area contributed by atoms with E-state index in [2.05, 4.69) is 64.1 Å². The minimum Gasteiger partial charge on any atom is -0.413 e. The molecule has 1 aliphatic rings. The maximum absolute atomic E-state index is 12.2. The van der Waals surface area contributed by atoms with Gasteiger partial charge in [-0.1, -0.05) is 39.1 Å². The van der Waals surface area contributed by atoms with Crippen molar-refractivity contribution in [3.8, 4) is 0 Å². The van der Waals surface area contributed by atoms with Crippen LogP contribution in [0.25, 0.3) is 0 Å². The summed E-state index contributed by atoms with van der Waals surface area (Å²) in [6.45, 7) is 15.3. The molecule has 0 bridgehead atoms. The summed E-state index contributed by atoms with van der Waals surface area (Å²) in [5, 5.41) is 3.22. The SMILES string of the molecule is Cc1cccnc1CC(=S)CCC[C@@H]1NC(=O)[C@@H]1[C@@H](C)O[Si](C)(C)C(C)(C)C. The maximum Gasteiger partial charge on any atom is 0.227 e. The Hall–Kier alpha value is -1.11. The third kappa shape index (κ3) is 5.71. The zero-order chi connectivity index (χ0) is 21.1. The van der Waals surface area contributed by atoms with Gasteiger partial charge < -0.3 is 9.74 Å². The predicted octanol–water partition coefficient (Wildman–Crippen LogP) is 5.00. The fraction of sp³-hybridized carbons (Fsp3) is 0.682. The lowest BCUT2D eigenvalue weighted by atomic mass is 9.83. The summed E-state index contributed by atoms with van der Waals surface area (Å²) in [6, 6.07) is 4.23. The Morgan fingerprint density at radius 2 is 2.07 bits per heavy atom. The molecule has 1 aromatic heterocycles. The number of carbonyl (C=O) groups is 1. The van der Waals surface area contributed by atoms with Gasteiger partial charge in [-0.3, -0.25) is 9.78 Å². The van der Waals surface area contributed by atoms with E-state index in [-0.39, 0.29) is 29.0 Å². The highest BCUT2D eigenvalue weighted by atomic mass is 32.1. The van der Waals surface area contributed by atoms with Gasteiger partial charge in [0.15, 0.2) is 8.32 Å². The Kier molecular flexibility index (Phi) is 7.56. The molecule has 1 N–H and O–H groups in total. The molecule has 1 saturated heterocycles. The van der Waals surface area contributed by atoms with Crippen LogP contribution < -0.4 is 5.32 Å². The van der Waals surface area contributed by atoms with Gasteiger partial charge in [-0.05, 0) is 67.7 Å². The van der Waals surface area contributed by atoms with Crippen LogP contribution in [0.4, 0.5) is 0 Å². The van der Waals surface area contributed by atoms with Gasteiger partial charge in [-0.15, -0.1) is 0 Å². The molecule has 2 rings (SSSR count). The van der Waals surface area contributed by atoms with Gasteiger partial charge in [0.05, 0.1) is 12.0 Å². The molecule has 1 aromatic rings.